The molecular formula is C21H21NO4S. The van der Waals surface area contributed by atoms with Crippen molar-refractivity contribution in [3.05, 3.63) is 64.6 Å². The Hall–Kier alpha value is -2.73. The third-order valence-electron chi connectivity index (χ3n) is 4.27. The summed E-state index contributed by atoms with van der Waals surface area (Å²) in [7, 11) is 3.12. The summed E-state index contributed by atoms with van der Waals surface area (Å²) in [4.78, 5) is 27.8. The molecule has 0 atom stereocenters. The topological polar surface area (TPSA) is 55.8 Å². The molecule has 1 aliphatic rings. The SMILES string of the molecule is CCSC1=C(c2ccccc2)C(=O)N(Cc2ccc(OC)c(OC)c2)C1=O. The Morgan fingerprint density at radius 2 is 1.63 bits per heavy atom. The molecule has 0 N–H and O–H groups in total. The minimum atomic E-state index is -0.267. The van der Waals surface area contributed by atoms with Gasteiger partial charge in [-0.05, 0) is 29.0 Å². The molecule has 0 radical (unpaired) electrons. The van der Waals surface area contributed by atoms with E-state index >= 15 is 0 Å². The first-order valence-electron chi connectivity index (χ1n) is 8.60. The minimum Gasteiger partial charge on any atom is -0.493 e. The Labute approximate surface area is 163 Å². The molecule has 0 spiro atoms. The summed E-state index contributed by atoms with van der Waals surface area (Å²) < 4.78 is 10.6. The molecule has 27 heavy (non-hydrogen) atoms. The van der Waals surface area contributed by atoms with Crippen LogP contribution in [0.3, 0.4) is 0 Å². The highest BCUT2D eigenvalue weighted by Crippen LogP contribution is 2.37. The molecule has 5 nitrogen and oxygen atoms in total. The molecular weight excluding hydrogens is 362 g/mol. The van der Waals surface area contributed by atoms with Crippen molar-refractivity contribution in [2.24, 2.45) is 0 Å². The van der Waals surface area contributed by atoms with Gasteiger partial charge < -0.3 is 9.47 Å². The molecule has 6 heteroatoms. The standard InChI is InChI=1S/C21H21NO4S/c1-4-27-19-18(15-8-6-5-7-9-15)20(23)22(21(19)24)13-14-10-11-16(25-2)17(12-14)26-3/h5-12H,4,13H2,1-3H3. The fourth-order valence-corrected chi connectivity index (χ4v) is 3.87. The summed E-state index contributed by atoms with van der Waals surface area (Å²) in [5.41, 5.74) is 2.04. The third kappa shape index (κ3) is 3.71. The molecule has 1 heterocycles. The number of amides is 2. The predicted molar refractivity (Wildman–Crippen MR) is 107 cm³/mol. The van der Waals surface area contributed by atoms with E-state index in [0.717, 1.165) is 16.9 Å². The van der Waals surface area contributed by atoms with Crippen LogP contribution < -0.4 is 9.47 Å². The van der Waals surface area contributed by atoms with Crippen molar-refractivity contribution in [3.8, 4) is 11.5 Å². The third-order valence-corrected chi connectivity index (χ3v) is 5.22. The van der Waals surface area contributed by atoms with E-state index in [1.54, 1.807) is 26.4 Å². The lowest BCUT2D eigenvalue weighted by atomic mass is 10.1. The number of methoxy groups -OCH3 is 2. The van der Waals surface area contributed by atoms with Gasteiger partial charge in [0, 0.05) is 0 Å². The lowest BCUT2D eigenvalue weighted by Gasteiger charge is -2.16. The van der Waals surface area contributed by atoms with Gasteiger partial charge in [-0.2, -0.15) is 0 Å². The Bertz CT molecular complexity index is 892. The number of hydrogen-bond acceptors (Lipinski definition) is 5. The van der Waals surface area contributed by atoms with Crippen molar-refractivity contribution < 1.29 is 19.1 Å². The molecule has 140 valence electrons. The van der Waals surface area contributed by atoms with E-state index in [1.807, 2.05) is 43.3 Å². The van der Waals surface area contributed by atoms with Crippen LogP contribution in [-0.2, 0) is 16.1 Å². The van der Waals surface area contributed by atoms with Gasteiger partial charge in [-0.1, -0.05) is 43.3 Å². The van der Waals surface area contributed by atoms with Crippen molar-refractivity contribution in [1.29, 1.82) is 0 Å². The average Bonchev–Trinajstić information content (AvgIpc) is 2.93. The zero-order valence-electron chi connectivity index (χ0n) is 15.5. The van der Waals surface area contributed by atoms with Crippen molar-refractivity contribution in [2.45, 2.75) is 13.5 Å². The number of thioether (sulfide) groups is 1. The molecule has 0 fully saturated rings. The molecule has 3 rings (SSSR count). The highest BCUT2D eigenvalue weighted by molar-refractivity contribution is 8.04. The Morgan fingerprint density at radius 3 is 2.26 bits per heavy atom. The van der Waals surface area contributed by atoms with Crippen LogP contribution in [-0.4, -0.2) is 36.7 Å². The largest absolute Gasteiger partial charge is 0.493 e. The van der Waals surface area contributed by atoms with E-state index in [-0.39, 0.29) is 18.4 Å². The molecule has 0 aromatic heterocycles. The number of carbonyl (C=O) groups excluding carboxylic acids is 2. The van der Waals surface area contributed by atoms with Crippen LogP contribution in [0.4, 0.5) is 0 Å². The summed E-state index contributed by atoms with van der Waals surface area (Å²) in [5, 5.41) is 0. The van der Waals surface area contributed by atoms with Crippen molar-refractivity contribution in [1.82, 2.24) is 4.90 Å². The number of benzene rings is 2. The highest BCUT2D eigenvalue weighted by atomic mass is 32.2. The predicted octanol–water partition coefficient (Wildman–Crippen LogP) is 3.74. The molecule has 2 aromatic carbocycles. The molecule has 1 aliphatic heterocycles. The number of nitrogens with zero attached hydrogens (tertiary/aromatic N) is 1. The Balaban J connectivity index is 1.93. The molecule has 2 aromatic rings. The molecule has 0 unspecified atom stereocenters. The van der Waals surface area contributed by atoms with Crippen molar-refractivity contribution >= 4 is 29.1 Å². The van der Waals surface area contributed by atoms with Crippen molar-refractivity contribution in [3.63, 3.8) is 0 Å². The summed E-state index contributed by atoms with van der Waals surface area (Å²) in [6.45, 7) is 2.15. The lowest BCUT2D eigenvalue weighted by molar-refractivity contribution is -0.137. The van der Waals surface area contributed by atoms with E-state index < -0.39 is 0 Å². The fourth-order valence-electron chi connectivity index (χ4n) is 3.00. The first-order chi connectivity index (χ1) is 13.1. The van der Waals surface area contributed by atoms with Crippen LogP contribution in [0.25, 0.3) is 5.57 Å². The van der Waals surface area contributed by atoms with Crippen LogP contribution >= 0.6 is 11.8 Å². The molecule has 0 bridgehead atoms. The zero-order chi connectivity index (χ0) is 19.4. The average molecular weight is 383 g/mol. The van der Waals surface area contributed by atoms with E-state index in [2.05, 4.69) is 0 Å². The van der Waals surface area contributed by atoms with Crippen LogP contribution in [0.5, 0.6) is 11.5 Å². The summed E-state index contributed by atoms with van der Waals surface area (Å²) in [6, 6.07) is 14.7. The van der Waals surface area contributed by atoms with Gasteiger partial charge >= 0.3 is 0 Å². The number of imide groups is 1. The zero-order valence-corrected chi connectivity index (χ0v) is 16.3. The highest BCUT2D eigenvalue weighted by Gasteiger charge is 2.38. The maximum Gasteiger partial charge on any atom is 0.268 e. The van der Waals surface area contributed by atoms with E-state index in [4.69, 9.17) is 9.47 Å². The first kappa shape index (κ1) is 19.0. The molecule has 0 saturated heterocycles. The normalized spacial score (nSPS) is 14.1. The van der Waals surface area contributed by atoms with Gasteiger partial charge in [-0.15, -0.1) is 11.8 Å². The van der Waals surface area contributed by atoms with E-state index in [9.17, 15) is 9.59 Å². The quantitative estimate of drug-likeness (QED) is 0.682. The fraction of sp³-hybridized carbons (Fsp3) is 0.238. The van der Waals surface area contributed by atoms with Gasteiger partial charge in [0.05, 0.1) is 31.2 Å². The van der Waals surface area contributed by atoms with Gasteiger partial charge in [0.25, 0.3) is 11.8 Å². The van der Waals surface area contributed by atoms with Crippen molar-refractivity contribution in [2.75, 3.05) is 20.0 Å². The monoisotopic (exact) mass is 383 g/mol. The second-order valence-electron chi connectivity index (χ2n) is 5.89. The second-order valence-corrected chi connectivity index (χ2v) is 7.16. The first-order valence-corrected chi connectivity index (χ1v) is 9.58. The Kier molecular flexibility index (Phi) is 5.86. The van der Waals surface area contributed by atoms with Gasteiger partial charge in [0.15, 0.2) is 11.5 Å². The van der Waals surface area contributed by atoms with Crippen LogP contribution in [0.15, 0.2) is 53.4 Å². The molecule has 0 aliphatic carbocycles. The second kappa shape index (κ2) is 8.31. The number of ether oxygens (including phenoxy) is 2. The van der Waals surface area contributed by atoms with Gasteiger partial charge in [0.2, 0.25) is 0 Å². The minimum absolute atomic E-state index is 0.183. The van der Waals surface area contributed by atoms with Crippen LogP contribution in [0, 0.1) is 0 Å². The van der Waals surface area contributed by atoms with E-state index in [1.165, 1.54) is 16.7 Å². The van der Waals surface area contributed by atoms with Gasteiger partial charge in [-0.3, -0.25) is 14.5 Å². The number of rotatable bonds is 7. The maximum atomic E-state index is 13.1. The lowest BCUT2D eigenvalue weighted by Crippen LogP contribution is -2.30. The summed E-state index contributed by atoms with van der Waals surface area (Å²) >= 11 is 1.40. The Morgan fingerprint density at radius 1 is 0.926 bits per heavy atom. The number of carbonyl (C=O) groups is 2. The van der Waals surface area contributed by atoms with Gasteiger partial charge in [0.1, 0.15) is 0 Å². The maximum absolute atomic E-state index is 13.1. The van der Waals surface area contributed by atoms with Crippen LogP contribution in [0.1, 0.15) is 18.1 Å². The van der Waals surface area contributed by atoms with Crippen LogP contribution in [0.2, 0.25) is 0 Å². The number of hydrogen-bond donors (Lipinski definition) is 0. The summed E-state index contributed by atoms with van der Waals surface area (Å²) in [5.74, 6) is 1.37. The van der Waals surface area contributed by atoms with Gasteiger partial charge in [-0.25, -0.2) is 0 Å². The molecule has 0 saturated carbocycles. The molecule has 2 amide bonds. The smallest absolute Gasteiger partial charge is 0.268 e. The van der Waals surface area contributed by atoms with E-state index in [0.29, 0.717) is 22.0 Å². The summed E-state index contributed by atoms with van der Waals surface area (Å²) in [6.07, 6.45) is 0.